The van der Waals surface area contributed by atoms with Gasteiger partial charge in [-0.3, -0.25) is 14.5 Å². The number of carbonyl (C=O) groups excluding carboxylic acids is 2. The number of carbonyl (C=O) groups is 2. The maximum absolute atomic E-state index is 11.7. The number of hydrogen-bond donors (Lipinski definition) is 1. The van der Waals surface area contributed by atoms with Crippen molar-refractivity contribution in [2.45, 2.75) is 37.8 Å². The van der Waals surface area contributed by atoms with E-state index < -0.39 is 0 Å². The molecule has 0 unspecified atom stereocenters. The third kappa shape index (κ3) is 2.59. The highest BCUT2D eigenvalue weighted by molar-refractivity contribution is 6.13. The number of nitrogens with zero attached hydrogens (tertiary/aromatic N) is 1. The Morgan fingerprint density at radius 2 is 1.50 bits per heavy atom. The Morgan fingerprint density at radius 3 is 2.10 bits per heavy atom. The molecule has 0 radical (unpaired) electrons. The molecule has 1 aromatic rings. The van der Waals surface area contributed by atoms with E-state index in [0.717, 1.165) is 31.4 Å². The second-order valence-corrected chi connectivity index (χ2v) is 5.40. The lowest BCUT2D eigenvalue weighted by Crippen LogP contribution is -2.43. The first-order valence-corrected chi connectivity index (χ1v) is 7.11. The summed E-state index contributed by atoms with van der Waals surface area (Å²) in [7, 11) is 0. The van der Waals surface area contributed by atoms with E-state index in [-0.39, 0.29) is 17.9 Å². The van der Waals surface area contributed by atoms with E-state index in [9.17, 15) is 9.59 Å². The first-order valence-electron chi connectivity index (χ1n) is 7.11. The van der Waals surface area contributed by atoms with Crippen LogP contribution in [0.3, 0.4) is 0 Å². The minimum atomic E-state index is -0.158. The van der Waals surface area contributed by atoms with Crippen LogP contribution < -0.4 is 5.32 Å². The van der Waals surface area contributed by atoms with E-state index in [2.05, 4.69) is 17.4 Å². The van der Waals surface area contributed by atoms with Gasteiger partial charge in [0.2, 0.25) is 0 Å². The minimum absolute atomic E-state index is 0.0684. The minimum Gasteiger partial charge on any atom is -0.382 e. The van der Waals surface area contributed by atoms with Crippen LogP contribution in [0, 0.1) is 0 Å². The highest BCUT2D eigenvalue weighted by Gasteiger charge is 2.33. The molecular formula is C16H18N2O2. The summed E-state index contributed by atoms with van der Waals surface area (Å²) >= 11 is 0. The van der Waals surface area contributed by atoms with Crippen LogP contribution in [0.15, 0.2) is 42.5 Å². The summed E-state index contributed by atoms with van der Waals surface area (Å²) < 4.78 is 0. The Morgan fingerprint density at radius 1 is 0.900 bits per heavy atom. The average molecular weight is 270 g/mol. The van der Waals surface area contributed by atoms with Gasteiger partial charge in [0.25, 0.3) is 11.8 Å². The molecule has 0 saturated heterocycles. The molecule has 4 nitrogen and oxygen atoms in total. The van der Waals surface area contributed by atoms with Crippen molar-refractivity contribution in [1.29, 1.82) is 0 Å². The lowest BCUT2D eigenvalue weighted by molar-refractivity contribution is -0.140. The van der Waals surface area contributed by atoms with Crippen LogP contribution >= 0.6 is 0 Å². The van der Waals surface area contributed by atoms with Crippen molar-refractivity contribution in [1.82, 2.24) is 4.90 Å². The van der Waals surface area contributed by atoms with Crippen molar-refractivity contribution in [3.63, 3.8) is 0 Å². The zero-order valence-electron chi connectivity index (χ0n) is 11.3. The first-order chi connectivity index (χ1) is 9.74. The van der Waals surface area contributed by atoms with Gasteiger partial charge in [-0.15, -0.1) is 0 Å². The van der Waals surface area contributed by atoms with Gasteiger partial charge in [0.05, 0.1) is 0 Å². The normalized spacial score (nSPS) is 26.1. The second kappa shape index (κ2) is 5.49. The Kier molecular flexibility index (Phi) is 3.54. The smallest absolute Gasteiger partial charge is 0.253 e. The van der Waals surface area contributed by atoms with E-state index in [1.54, 1.807) is 0 Å². The van der Waals surface area contributed by atoms with Crippen molar-refractivity contribution in [3.05, 3.63) is 42.5 Å². The molecule has 2 aliphatic rings. The molecule has 104 valence electrons. The predicted octanol–water partition coefficient (Wildman–Crippen LogP) is 2.33. The molecule has 1 aliphatic heterocycles. The van der Waals surface area contributed by atoms with Gasteiger partial charge in [-0.25, -0.2) is 0 Å². The highest BCUT2D eigenvalue weighted by Crippen LogP contribution is 2.27. The van der Waals surface area contributed by atoms with E-state index in [0.29, 0.717) is 6.04 Å². The lowest BCUT2D eigenvalue weighted by Gasteiger charge is -2.34. The first kappa shape index (κ1) is 12.9. The Hall–Kier alpha value is -2.10. The number of nitrogens with one attached hydrogen (secondary N) is 1. The van der Waals surface area contributed by atoms with Crippen LogP contribution in [0.5, 0.6) is 0 Å². The largest absolute Gasteiger partial charge is 0.382 e. The maximum Gasteiger partial charge on any atom is 0.253 e. The van der Waals surface area contributed by atoms with Gasteiger partial charge >= 0.3 is 0 Å². The SMILES string of the molecule is O=C1C=CC(=O)N1C1CCC(Nc2ccccc2)CC1. The summed E-state index contributed by atoms with van der Waals surface area (Å²) in [6.45, 7) is 0. The Labute approximate surface area is 118 Å². The van der Waals surface area contributed by atoms with Gasteiger partial charge in [0, 0.05) is 29.9 Å². The number of amides is 2. The van der Waals surface area contributed by atoms with Crippen LogP contribution in [0.2, 0.25) is 0 Å². The third-order valence-electron chi connectivity index (χ3n) is 4.05. The van der Waals surface area contributed by atoms with E-state index in [1.807, 2.05) is 18.2 Å². The molecule has 2 amide bonds. The Bertz CT molecular complexity index is 513. The lowest BCUT2D eigenvalue weighted by atomic mass is 9.90. The fraction of sp³-hybridized carbons (Fsp3) is 0.375. The van der Waals surface area contributed by atoms with Gasteiger partial charge in [-0.05, 0) is 37.8 Å². The van der Waals surface area contributed by atoms with Crippen LogP contribution in [-0.2, 0) is 9.59 Å². The summed E-state index contributed by atoms with van der Waals surface area (Å²) in [6.07, 6.45) is 6.47. The molecule has 1 aliphatic carbocycles. The van der Waals surface area contributed by atoms with Crippen molar-refractivity contribution < 1.29 is 9.59 Å². The molecule has 0 atom stereocenters. The molecule has 1 saturated carbocycles. The molecule has 0 aromatic heterocycles. The van der Waals surface area contributed by atoms with Gasteiger partial charge in [0.15, 0.2) is 0 Å². The van der Waals surface area contributed by atoms with E-state index in [1.165, 1.54) is 17.1 Å². The molecule has 4 heteroatoms. The zero-order valence-corrected chi connectivity index (χ0v) is 11.3. The average Bonchev–Trinajstić information content (AvgIpc) is 2.81. The van der Waals surface area contributed by atoms with Gasteiger partial charge in [0.1, 0.15) is 0 Å². The molecule has 3 rings (SSSR count). The summed E-state index contributed by atoms with van der Waals surface area (Å²) in [5, 5.41) is 3.51. The summed E-state index contributed by atoms with van der Waals surface area (Å²) in [4.78, 5) is 24.7. The molecule has 1 fully saturated rings. The molecule has 1 heterocycles. The summed E-state index contributed by atoms with van der Waals surface area (Å²) in [5.74, 6) is -0.316. The van der Waals surface area contributed by atoms with Crippen molar-refractivity contribution in [2.24, 2.45) is 0 Å². The number of benzene rings is 1. The number of anilines is 1. The van der Waals surface area contributed by atoms with Crippen molar-refractivity contribution >= 4 is 17.5 Å². The maximum atomic E-state index is 11.7. The summed E-state index contributed by atoms with van der Waals surface area (Å²) in [6, 6.07) is 10.6. The standard InChI is InChI=1S/C16H18N2O2/c19-15-10-11-16(20)18(15)14-8-6-13(7-9-14)17-12-4-2-1-3-5-12/h1-5,10-11,13-14,17H,6-9H2. The third-order valence-corrected chi connectivity index (χ3v) is 4.05. The molecule has 1 N–H and O–H groups in total. The van der Waals surface area contributed by atoms with Crippen molar-refractivity contribution in [3.8, 4) is 0 Å². The van der Waals surface area contributed by atoms with Gasteiger partial charge in [-0.2, -0.15) is 0 Å². The van der Waals surface area contributed by atoms with Crippen LogP contribution in [0.4, 0.5) is 5.69 Å². The Balaban J connectivity index is 1.55. The number of rotatable bonds is 3. The van der Waals surface area contributed by atoms with Gasteiger partial charge in [-0.1, -0.05) is 18.2 Å². The monoisotopic (exact) mass is 270 g/mol. The van der Waals surface area contributed by atoms with E-state index >= 15 is 0 Å². The fourth-order valence-electron chi connectivity index (χ4n) is 3.02. The fourth-order valence-corrected chi connectivity index (χ4v) is 3.02. The van der Waals surface area contributed by atoms with Crippen molar-refractivity contribution in [2.75, 3.05) is 5.32 Å². The molecular weight excluding hydrogens is 252 g/mol. The number of para-hydroxylation sites is 1. The van der Waals surface area contributed by atoms with E-state index in [4.69, 9.17) is 0 Å². The topological polar surface area (TPSA) is 49.4 Å². The number of imide groups is 1. The van der Waals surface area contributed by atoms with Gasteiger partial charge < -0.3 is 5.32 Å². The molecule has 0 bridgehead atoms. The van der Waals surface area contributed by atoms with Crippen LogP contribution in [0.25, 0.3) is 0 Å². The van der Waals surface area contributed by atoms with Crippen LogP contribution in [0.1, 0.15) is 25.7 Å². The molecule has 1 aromatic carbocycles. The van der Waals surface area contributed by atoms with Crippen LogP contribution in [-0.4, -0.2) is 28.8 Å². The quantitative estimate of drug-likeness (QED) is 0.858. The summed E-state index contributed by atoms with van der Waals surface area (Å²) in [5.41, 5.74) is 1.13. The molecule has 20 heavy (non-hydrogen) atoms. The molecule has 0 spiro atoms. The zero-order chi connectivity index (χ0) is 13.9. The number of hydrogen-bond acceptors (Lipinski definition) is 3. The predicted molar refractivity (Wildman–Crippen MR) is 77.1 cm³/mol. The highest BCUT2D eigenvalue weighted by atomic mass is 16.2. The second-order valence-electron chi connectivity index (χ2n) is 5.40.